The second-order valence-electron chi connectivity index (χ2n) is 5.72. The number of amides is 2. The zero-order valence-corrected chi connectivity index (χ0v) is 14.2. The van der Waals surface area contributed by atoms with Crippen LogP contribution in [-0.4, -0.2) is 39.4 Å². The van der Waals surface area contributed by atoms with E-state index in [0.717, 1.165) is 12.1 Å². The van der Waals surface area contributed by atoms with Crippen molar-refractivity contribution in [2.75, 3.05) is 13.1 Å². The van der Waals surface area contributed by atoms with Crippen LogP contribution in [0.2, 0.25) is 5.02 Å². The van der Waals surface area contributed by atoms with Crippen molar-refractivity contribution in [1.29, 1.82) is 0 Å². The predicted molar refractivity (Wildman–Crippen MR) is 90.8 cm³/mol. The van der Waals surface area contributed by atoms with Crippen LogP contribution in [0.3, 0.4) is 0 Å². The van der Waals surface area contributed by atoms with E-state index in [1.807, 2.05) is 29.8 Å². The molecule has 2 amide bonds. The minimum absolute atomic E-state index is 0.0553. The molecule has 0 bridgehead atoms. The van der Waals surface area contributed by atoms with Crippen molar-refractivity contribution in [3.05, 3.63) is 52.6 Å². The Kier molecular flexibility index (Phi) is 4.85. The summed E-state index contributed by atoms with van der Waals surface area (Å²) in [7, 11) is 0. The first-order chi connectivity index (χ1) is 11.6. The summed E-state index contributed by atoms with van der Waals surface area (Å²) in [6.45, 7) is 4.36. The van der Waals surface area contributed by atoms with Crippen LogP contribution in [0.25, 0.3) is 0 Å². The molecule has 0 aliphatic carbocycles. The lowest BCUT2D eigenvalue weighted by atomic mass is 10.1. The fourth-order valence-corrected chi connectivity index (χ4v) is 2.97. The number of hydrogen-bond donors (Lipinski definition) is 1. The van der Waals surface area contributed by atoms with E-state index in [2.05, 4.69) is 10.3 Å². The molecule has 6 nitrogen and oxygen atoms in total. The quantitative estimate of drug-likeness (QED) is 0.898. The number of aromatic nitrogens is 2. The summed E-state index contributed by atoms with van der Waals surface area (Å²) in [4.78, 5) is 30.4. The highest BCUT2D eigenvalue weighted by Gasteiger charge is 2.25. The molecule has 0 unspecified atom stereocenters. The van der Waals surface area contributed by atoms with Crippen molar-refractivity contribution >= 4 is 23.4 Å². The molecule has 24 heavy (non-hydrogen) atoms. The molecule has 7 heteroatoms. The van der Waals surface area contributed by atoms with E-state index in [0.29, 0.717) is 36.2 Å². The summed E-state index contributed by atoms with van der Waals surface area (Å²) in [5.41, 5.74) is 1.55. The van der Waals surface area contributed by atoms with Crippen LogP contribution >= 0.6 is 11.6 Å². The standard InChI is InChI=1S/C17H19ClN4O2/c1-2-21-6-7-22-11-14(20-16(22)17(21)24)10-19-15(23)9-12-4-3-5-13(18)8-12/h3-5,8,11H,2,6-7,9-10H2,1H3,(H,19,23). The third kappa shape index (κ3) is 3.59. The van der Waals surface area contributed by atoms with Gasteiger partial charge in [-0.1, -0.05) is 23.7 Å². The third-order valence-corrected chi connectivity index (χ3v) is 4.25. The molecule has 0 atom stereocenters. The molecule has 2 aromatic rings. The number of carbonyl (C=O) groups excluding carboxylic acids is 2. The Morgan fingerprint density at radius 2 is 2.21 bits per heavy atom. The van der Waals surface area contributed by atoms with Crippen molar-refractivity contribution < 1.29 is 9.59 Å². The van der Waals surface area contributed by atoms with Gasteiger partial charge in [-0.15, -0.1) is 0 Å². The first-order valence-electron chi connectivity index (χ1n) is 7.93. The Bertz CT molecular complexity index is 772. The first kappa shape index (κ1) is 16.5. The van der Waals surface area contributed by atoms with Crippen molar-refractivity contribution in [2.24, 2.45) is 0 Å². The highest BCUT2D eigenvalue weighted by Crippen LogP contribution is 2.13. The predicted octanol–water partition coefficient (Wildman–Crippen LogP) is 1.87. The topological polar surface area (TPSA) is 67.2 Å². The van der Waals surface area contributed by atoms with E-state index in [1.165, 1.54) is 0 Å². The Morgan fingerprint density at radius 1 is 1.38 bits per heavy atom. The molecule has 0 saturated carbocycles. The van der Waals surface area contributed by atoms with Gasteiger partial charge < -0.3 is 14.8 Å². The summed E-state index contributed by atoms with van der Waals surface area (Å²) in [5.74, 6) is 0.284. The fraction of sp³-hybridized carbons (Fsp3) is 0.353. The Balaban J connectivity index is 1.59. The molecule has 0 saturated heterocycles. The maximum Gasteiger partial charge on any atom is 0.289 e. The van der Waals surface area contributed by atoms with Gasteiger partial charge in [0.1, 0.15) is 0 Å². The van der Waals surface area contributed by atoms with Crippen molar-refractivity contribution in [2.45, 2.75) is 26.4 Å². The molecule has 1 aromatic heterocycles. The summed E-state index contributed by atoms with van der Waals surface area (Å²) >= 11 is 5.92. The summed E-state index contributed by atoms with van der Waals surface area (Å²) in [5, 5.41) is 3.45. The molecule has 1 aliphatic rings. The molecule has 3 rings (SSSR count). The van der Waals surface area contributed by atoms with Gasteiger partial charge in [0.25, 0.3) is 5.91 Å². The molecule has 1 aromatic carbocycles. The number of fused-ring (bicyclic) bond motifs is 1. The lowest BCUT2D eigenvalue weighted by Crippen LogP contribution is -2.40. The number of halogens is 1. The monoisotopic (exact) mass is 346 g/mol. The van der Waals surface area contributed by atoms with Crippen LogP contribution in [0, 0.1) is 0 Å². The average molecular weight is 347 g/mol. The van der Waals surface area contributed by atoms with Gasteiger partial charge in [-0.2, -0.15) is 0 Å². The summed E-state index contributed by atoms with van der Waals surface area (Å²) < 4.78 is 1.85. The summed E-state index contributed by atoms with van der Waals surface area (Å²) in [6, 6.07) is 7.22. The van der Waals surface area contributed by atoms with Crippen LogP contribution in [0.5, 0.6) is 0 Å². The van der Waals surface area contributed by atoms with E-state index in [-0.39, 0.29) is 18.2 Å². The maximum atomic E-state index is 12.2. The molecule has 0 radical (unpaired) electrons. The zero-order valence-electron chi connectivity index (χ0n) is 13.5. The van der Waals surface area contributed by atoms with E-state index in [1.54, 1.807) is 17.0 Å². The average Bonchev–Trinajstić information content (AvgIpc) is 2.97. The van der Waals surface area contributed by atoms with E-state index < -0.39 is 0 Å². The summed E-state index contributed by atoms with van der Waals surface area (Å²) in [6.07, 6.45) is 2.09. The highest BCUT2D eigenvalue weighted by atomic mass is 35.5. The molecule has 0 spiro atoms. The fourth-order valence-electron chi connectivity index (χ4n) is 2.75. The molecule has 126 valence electrons. The highest BCUT2D eigenvalue weighted by molar-refractivity contribution is 6.30. The van der Waals surface area contributed by atoms with Crippen LogP contribution in [0.4, 0.5) is 0 Å². The second kappa shape index (κ2) is 7.05. The van der Waals surface area contributed by atoms with E-state index in [9.17, 15) is 9.59 Å². The first-order valence-corrected chi connectivity index (χ1v) is 8.31. The van der Waals surface area contributed by atoms with Gasteiger partial charge in [-0.3, -0.25) is 9.59 Å². The molecular formula is C17H19ClN4O2. The number of rotatable bonds is 5. The van der Waals surface area contributed by atoms with Gasteiger partial charge in [0, 0.05) is 30.9 Å². The van der Waals surface area contributed by atoms with E-state index in [4.69, 9.17) is 11.6 Å². The lowest BCUT2D eigenvalue weighted by molar-refractivity contribution is -0.120. The van der Waals surface area contributed by atoms with Gasteiger partial charge in [-0.05, 0) is 24.6 Å². The van der Waals surface area contributed by atoms with E-state index >= 15 is 0 Å². The molecule has 1 aliphatic heterocycles. The minimum Gasteiger partial charge on any atom is -0.350 e. The normalized spacial score (nSPS) is 13.8. The number of likely N-dealkylation sites (N-methyl/N-ethyl adjacent to an activating group) is 1. The minimum atomic E-state index is -0.107. The third-order valence-electron chi connectivity index (χ3n) is 4.02. The number of imidazole rings is 1. The van der Waals surface area contributed by atoms with Crippen LogP contribution in [0.15, 0.2) is 30.5 Å². The Labute approximate surface area is 145 Å². The van der Waals surface area contributed by atoms with Gasteiger partial charge >= 0.3 is 0 Å². The Hall–Kier alpha value is -2.34. The smallest absolute Gasteiger partial charge is 0.289 e. The van der Waals surface area contributed by atoms with Gasteiger partial charge in [0.2, 0.25) is 5.91 Å². The van der Waals surface area contributed by atoms with Crippen molar-refractivity contribution in [1.82, 2.24) is 19.8 Å². The van der Waals surface area contributed by atoms with Gasteiger partial charge in [0.05, 0.1) is 18.7 Å². The second-order valence-corrected chi connectivity index (χ2v) is 6.15. The molecule has 0 fully saturated rings. The Morgan fingerprint density at radius 3 is 2.96 bits per heavy atom. The SMILES string of the molecule is CCN1CCn2cc(CNC(=O)Cc3cccc(Cl)c3)nc2C1=O. The number of carbonyl (C=O) groups is 2. The van der Waals surface area contributed by atoms with Crippen LogP contribution < -0.4 is 5.32 Å². The largest absolute Gasteiger partial charge is 0.350 e. The molecular weight excluding hydrogens is 328 g/mol. The number of nitrogens with one attached hydrogen (secondary N) is 1. The lowest BCUT2D eigenvalue weighted by Gasteiger charge is -2.25. The molecule has 1 N–H and O–H groups in total. The van der Waals surface area contributed by atoms with Gasteiger partial charge in [0.15, 0.2) is 5.82 Å². The van der Waals surface area contributed by atoms with Crippen LogP contribution in [0.1, 0.15) is 28.8 Å². The maximum absolute atomic E-state index is 12.2. The van der Waals surface area contributed by atoms with Crippen molar-refractivity contribution in [3.63, 3.8) is 0 Å². The number of hydrogen-bond acceptors (Lipinski definition) is 3. The van der Waals surface area contributed by atoms with Gasteiger partial charge in [-0.25, -0.2) is 4.98 Å². The number of benzene rings is 1. The number of nitrogens with zero attached hydrogens (tertiary/aromatic N) is 3. The molecule has 2 heterocycles. The zero-order chi connectivity index (χ0) is 17.1. The van der Waals surface area contributed by atoms with Crippen LogP contribution in [-0.2, 0) is 24.3 Å². The van der Waals surface area contributed by atoms with Crippen molar-refractivity contribution in [3.8, 4) is 0 Å².